The van der Waals surface area contributed by atoms with Crippen LogP contribution in [0.25, 0.3) is 0 Å². The van der Waals surface area contributed by atoms with E-state index in [9.17, 15) is 0 Å². The Balaban J connectivity index is 2.00. The van der Waals surface area contributed by atoms with E-state index in [2.05, 4.69) is 13.0 Å². The lowest BCUT2D eigenvalue weighted by Crippen LogP contribution is -2.16. The summed E-state index contributed by atoms with van der Waals surface area (Å²) in [5.74, 6) is 2.07. The lowest BCUT2D eigenvalue weighted by molar-refractivity contribution is 0.131. The molecule has 2 atom stereocenters. The Morgan fingerprint density at radius 2 is 1.83 bits per heavy atom. The fourth-order valence-electron chi connectivity index (χ4n) is 2.40. The smallest absolute Gasteiger partial charge is 0.161 e. The first-order chi connectivity index (χ1) is 8.74. The minimum Gasteiger partial charge on any atom is -0.489 e. The fourth-order valence-corrected chi connectivity index (χ4v) is 2.40. The molecule has 0 amide bonds. The van der Waals surface area contributed by atoms with Gasteiger partial charge in [-0.3, -0.25) is 0 Å². The SMILES string of the molecule is CC1COc2cc3c(cc2OC1)C(N)COCC3. The Morgan fingerprint density at radius 1 is 1.11 bits per heavy atom. The van der Waals surface area contributed by atoms with Crippen LogP contribution < -0.4 is 15.2 Å². The third kappa shape index (κ3) is 2.18. The number of rotatable bonds is 0. The molecule has 2 heterocycles. The van der Waals surface area contributed by atoms with Crippen molar-refractivity contribution >= 4 is 0 Å². The number of fused-ring (bicyclic) bond motifs is 2. The van der Waals surface area contributed by atoms with Gasteiger partial charge in [-0.05, 0) is 29.7 Å². The van der Waals surface area contributed by atoms with Crippen LogP contribution in [0.15, 0.2) is 12.1 Å². The molecule has 0 spiro atoms. The van der Waals surface area contributed by atoms with E-state index >= 15 is 0 Å². The van der Waals surface area contributed by atoms with Crippen LogP contribution in [-0.2, 0) is 11.2 Å². The molecule has 2 aliphatic rings. The van der Waals surface area contributed by atoms with Gasteiger partial charge in [0.25, 0.3) is 0 Å². The zero-order valence-corrected chi connectivity index (χ0v) is 10.6. The molecule has 3 rings (SSSR count). The first-order valence-electron chi connectivity index (χ1n) is 6.50. The summed E-state index contributed by atoms with van der Waals surface area (Å²) in [5, 5.41) is 0. The highest BCUT2D eigenvalue weighted by atomic mass is 16.5. The molecule has 4 heteroatoms. The molecule has 0 saturated carbocycles. The molecular weight excluding hydrogens is 230 g/mol. The monoisotopic (exact) mass is 249 g/mol. The predicted octanol–water partition coefficient (Wildman–Crippen LogP) is 1.67. The number of nitrogens with two attached hydrogens (primary N) is 1. The van der Waals surface area contributed by atoms with E-state index in [0.717, 1.165) is 30.1 Å². The topological polar surface area (TPSA) is 53.7 Å². The van der Waals surface area contributed by atoms with Gasteiger partial charge in [-0.25, -0.2) is 0 Å². The summed E-state index contributed by atoms with van der Waals surface area (Å²) in [5.41, 5.74) is 8.47. The zero-order valence-electron chi connectivity index (χ0n) is 10.6. The Morgan fingerprint density at radius 3 is 2.61 bits per heavy atom. The van der Waals surface area contributed by atoms with E-state index in [-0.39, 0.29) is 6.04 Å². The fraction of sp³-hybridized carbons (Fsp3) is 0.571. The molecule has 2 unspecified atom stereocenters. The average molecular weight is 249 g/mol. The molecule has 0 saturated heterocycles. The number of ether oxygens (including phenoxy) is 3. The number of hydrogen-bond acceptors (Lipinski definition) is 4. The molecule has 98 valence electrons. The Labute approximate surface area is 107 Å². The van der Waals surface area contributed by atoms with Crippen LogP contribution in [-0.4, -0.2) is 26.4 Å². The quantitative estimate of drug-likeness (QED) is 0.760. The van der Waals surface area contributed by atoms with Gasteiger partial charge in [-0.1, -0.05) is 6.92 Å². The van der Waals surface area contributed by atoms with E-state index in [1.54, 1.807) is 0 Å². The normalized spacial score (nSPS) is 27.0. The molecule has 0 radical (unpaired) electrons. The Kier molecular flexibility index (Phi) is 3.14. The van der Waals surface area contributed by atoms with Gasteiger partial charge in [0.2, 0.25) is 0 Å². The van der Waals surface area contributed by atoms with Crippen LogP contribution >= 0.6 is 0 Å². The maximum absolute atomic E-state index is 6.12. The third-order valence-electron chi connectivity index (χ3n) is 3.46. The standard InChI is InChI=1S/C14H19NO3/c1-9-6-17-13-4-10-2-3-16-8-12(15)11(10)5-14(13)18-7-9/h4-5,9,12H,2-3,6-8,15H2,1H3. The van der Waals surface area contributed by atoms with Crippen molar-refractivity contribution < 1.29 is 14.2 Å². The second-order valence-corrected chi connectivity index (χ2v) is 5.16. The summed E-state index contributed by atoms with van der Waals surface area (Å²) in [6.45, 7) is 4.81. The highest BCUT2D eigenvalue weighted by Gasteiger charge is 2.22. The molecule has 0 aliphatic carbocycles. The van der Waals surface area contributed by atoms with Gasteiger partial charge in [-0.2, -0.15) is 0 Å². The van der Waals surface area contributed by atoms with Crippen LogP contribution in [0.4, 0.5) is 0 Å². The van der Waals surface area contributed by atoms with Gasteiger partial charge in [0.1, 0.15) is 0 Å². The van der Waals surface area contributed by atoms with Crippen molar-refractivity contribution in [2.45, 2.75) is 19.4 Å². The highest BCUT2D eigenvalue weighted by molar-refractivity contribution is 5.49. The molecule has 0 fully saturated rings. The molecule has 0 aromatic heterocycles. The van der Waals surface area contributed by atoms with E-state index in [1.165, 1.54) is 5.56 Å². The second kappa shape index (κ2) is 4.78. The van der Waals surface area contributed by atoms with E-state index < -0.39 is 0 Å². The molecule has 2 N–H and O–H groups in total. The van der Waals surface area contributed by atoms with Crippen molar-refractivity contribution in [3.8, 4) is 11.5 Å². The van der Waals surface area contributed by atoms with Crippen LogP contribution in [0.3, 0.4) is 0 Å². The van der Waals surface area contributed by atoms with E-state index in [0.29, 0.717) is 25.7 Å². The Hall–Kier alpha value is -1.26. The molecule has 2 aliphatic heterocycles. The molecular formula is C14H19NO3. The van der Waals surface area contributed by atoms with Gasteiger partial charge in [-0.15, -0.1) is 0 Å². The maximum Gasteiger partial charge on any atom is 0.161 e. The van der Waals surface area contributed by atoms with E-state index in [4.69, 9.17) is 19.9 Å². The van der Waals surface area contributed by atoms with Crippen molar-refractivity contribution in [3.63, 3.8) is 0 Å². The average Bonchev–Trinajstić information content (AvgIpc) is 2.66. The van der Waals surface area contributed by atoms with Crippen LogP contribution in [0.5, 0.6) is 11.5 Å². The van der Waals surface area contributed by atoms with Crippen molar-refractivity contribution in [3.05, 3.63) is 23.3 Å². The van der Waals surface area contributed by atoms with Crippen molar-refractivity contribution in [2.75, 3.05) is 26.4 Å². The van der Waals surface area contributed by atoms with Gasteiger partial charge < -0.3 is 19.9 Å². The van der Waals surface area contributed by atoms with Gasteiger partial charge in [0, 0.05) is 5.92 Å². The van der Waals surface area contributed by atoms with E-state index in [1.807, 2.05) is 6.07 Å². The largest absolute Gasteiger partial charge is 0.489 e. The first kappa shape index (κ1) is 11.8. The second-order valence-electron chi connectivity index (χ2n) is 5.16. The summed E-state index contributed by atoms with van der Waals surface area (Å²) in [6.07, 6.45) is 0.884. The van der Waals surface area contributed by atoms with Crippen LogP contribution in [0.2, 0.25) is 0 Å². The van der Waals surface area contributed by atoms with Crippen molar-refractivity contribution in [1.82, 2.24) is 0 Å². The summed E-state index contributed by atoms with van der Waals surface area (Å²) in [4.78, 5) is 0. The summed E-state index contributed by atoms with van der Waals surface area (Å²) < 4.78 is 17.1. The molecule has 1 aromatic carbocycles. The maximum atomic E-state index is 6.12. The lowest BCUT2D eigenvalue weighted by atomic mass is 9.99. The van der Waals surface area contributed by atoms with Crippen molar-refractivity contribution in [1.29, 1.82) is 0 Å². The number of hydrogen-bond donors (Lipinski definition) is 1. The van der Waals surface area contributed by atoms with Gasteiger partial charge in [0.05, 0.1) is 32.5 Å². The summed E-state index contributed by atoms with van der Waals surface area (Å²) in [7, 11) is 0. The van der Waals surface area contributed by atoms with Crippen molar-refractivity contribution in [2.24, 2.45) is 11.7 Å². The first-order valence-corrected chi connectivity index (χ1v) is 6.50. The lowest BCUT2D eigenvalue weighted by Gasteiger charge is -2.15. The molecule has 1 aromatic rings. The van der Waals surface area contributed by atoms with Crippen LogP contribution in [0.1, 0.15) is 24.1 Å². The zero-order chi connectivity index (χ0) is 12.5. The molecule has 0 bridgehead atoms. The number of benzene rings is 1. The third-order valence-corrected chi connectivity index (χ3v) is 3.46. The van der Waals surface area contributed by atoms with Gasteiger partial charge in [0.15, 0.2) is 11.5 Å². The minimum atomic E-state index is -0.0722. The summed E-state index contributed by atoms with van der Waals surface area (Å²) >= 11 is 0. The van der Waals surface area contributed by atoms with Gasteiger partial charge >= 0.3 is 0 Å². The van der Waals surface area contributed by atoms with Crippen LogP contribution in [0, 0.1) is 5.92 Å². The molecule has 18 heavy (non-hydrogen) atoms. The highest BCUT2D eigenvalue weighted by Crippen LogP contribution is 2.36. The molecule has 4 nitrogen and oxygen atoms in total. The predicted molar refractivity (Wildman–Crippen MR) is 68.0 cm³/mol. The summed E-state index contributed by atoms with van der Waals surface area (Å²) in [6, 6.07) is 4.02. The minimum absolute atomic E-state index is 0.0722. The Bertz CT molecular complexity index is 447.